The van der Waals surface area contributed by atoms with Gasteiger partial charge in [0, 0.05) is 11.8 Å². The zero-order chi connectivity index (χ0) is 11.4. The summed E-state index contributed by atoms with van der Waals surface area (Å²) in [5, 5.41) is 2.45. The highest BCUT2D eigenvalue weighted by molar-refractivity contribution is 6.04. The van der Waals surface area contributed by atoms with Gasteiger partial charge in [-0.25, -0.2) is 4.98 Å². The summed E-state index contributed by atoms with van der Waals surface area (Å²) in [6.45, 7) is 0. The fraction of sp³-hybridized carbons (Fsp3) is 0. The molecule has 4 heteroatoms. The van der Waals surface area contributed by atoms with Crippen LogP contribution in [0, 0.1) is 5.95 Å². The van der Waals surface area contributed by atoms with Crippen LogP contribution < -0.4 is 5.32 Å². The molecule has 0 aliphatic heterocycles. The van der Waals surface area contributed by atoms with E-state index < -0.39 is 5.95 Å². The Hall–Kier alpha value is -2.23. The average Bonchev–Trinajstić information content (AvgIpc) is 2.33. The summed E-state index contributed by atoms with van der Waals surface area (Å²) in [6, 6.07) is 11.6. The van der Waals surface area contributed by atoms with E-state index in [1.807, 2.05) is 0 Å². The number of nitrogens with one attached hydrogen (secondary N) is 1. The second kappa shape index (κ2) is 4.53. The Morgan fingerprint density at radius 1 is 1.12 bits per heavy atom. The predicted octanol–water partition coefficient (Wildman–Crippen LogP) is 2.47. The van der Waals surface area contributed by atoms with Crippen LogP contribution in [0.2, 0.25) is 0 Å². The van der Waals surface area contributed by atoms with E-state index in [4.69, 9.17) is 0 Å². The highest BCUT2D eigenvalue weighted by Crippen LogP contribution is 2.11. The van der Waals surface area contributed by atoms with E-state index in [0.29, 0.717) is 5.56 Å². The minimum absolute atomic E-state index is 0.0800. The van der Waals surface area contributed by atoms with E-state index >= 15 is 0 Å². The smallest absolute Gasteiger partial charge is 0.255 e. The third-order valence-corrected chi connectivity index (χ3v) is 2.04. The molecule has 1 amide bonds. The molecule has 0 unspecified atom stereocenters. The van der Waals surface area contributed by atoms with Crippen molar-refractivity contribution < 1.29 is 9.18 Å². The SMILES string of the molecule is O=C(Nc1cccnc1F)c1ccccc1. The molecular weight excluding hydrogens is 207 g/mol. The molecule has 1 heterocycles. The topological polar surface area (TPSA) is 42.0 Å². The van der Waals surface area contributed by atoms with Crippen LogP contribution in [0.5, 0.6) is 0 Å². The number of amides is 1. The number of pyridine rings is 1. The monoisotopic (exact) mass is 216 g/mol. The van der Waals surface area contributed by atoms with Crippen LogP contribution in [0.15, 0.2) is 48.7 Å². The Balaban J connectivity index is 2.18. The number of carbonyl (C=O) groups excluding carboxylic acids is 1. The Morgan fingerprint density at radius 3 is 2.56 bits per heavy atom. The molecule has 0 saturated carbocycles. The fourth-order valence-corrected chi connectivity index (χ4v) is 1.26. The van der Waals surface area contributed by atoms with Gasteiger partial charge in [0.2, 0.25) is 5.95 Å². The molecule has 0 spiro atoms. The lowest BCUT2D eigenvalue weighted by Crippen LogP contribution is -2.13. The zero-order valence-corrected chi connectivity index (χ0v) is 8.35. The summed E-state index contributed by atoms with van der Waals surface area (Å²) in [5.74, 6) is -1.04. The lowest BCUT2D eigenvalue weighted by molar-refractivity contribution is 0.102. The fourth-order valence-electron chi connectivity index (χ4n) is 1.26. The number of hydrogen-bond donors (Lipinski definition) is 1. The molecular formula is C12H9FN2O. The van der Waals surface area contributed by atoms with Crippen LogP contribution in [-0.4, -0.2) is 10.9 Å². The second-order valence-corrected chi connectivity index (χ2v) is 3.16. The molecule has 1 aromatic carbocycles. The molecule has 0 fully saturated rings. The predicted molar refractivity (Wildman–Crippen MR) is 58.6 cm³/mol. The quantitative estimate of drug-likeness (QED) is 0.783. The maximum Gasteiger partial charge on any atom is 0.255 e. The third-order valence-electron chi connectivity index (χ3n) is 2.04. The number of aromatic nitrogens is 1. The van der Waals surface area contributed by atoms with Crippen molar-refractivity contribution >= 4 is 11.6 Å². The van der Waals surface area contributed by atoms with E-state index in [9.17, 15) is 9.18 Å². The van der Waals surface area contributed by atoms with Gasteiger partial charge in [0.15, 0.2) is 0 Å². The van der Waals surface area contributed by atoms with Crippen LogP contribution in [-0.2, 0) is 0 Å². The molecule has 1 N–H and O–H groups in total. The first kappa shape index (κ1) is 10.3. The van der Waals surface area contributed by atoms with Crippen LogP contribution in [0.25, 0.3) is 0 Å². The highest BCUT2D eigenvalue weighted by Gasteiger charge is 2.08. The molecule has 0 aliphatic rings. The van der Waals surface area contributed by atoms with Crippen molar-refractivity contribution in [3.63, 3.8) is 0 Å². The van der Waals surface area contributed by atoms with Gasteiger partial charge in [0.25, 0.3) is 5.91 Å². The first-order chi connectivity index (χ1) is 7.77. The zero-order valence-electron chi connectivity index (χ0n) is 8.35. The van der Waals surface area contributed by atoms with Crippen LogP contribution in [0.4, 0.5) is 10.1 Å². The van der Waals surface area contributed by atoms with Crippen molar-refractivity contribution in [1.82, 2.24) is 4.98 Å². The Labute approximate surface area is 92.0 Å². The number of carbonyl (C=O) groups is 1. The van der Waals surface area contributed by atoms with E-state index in [1.165, 1.54) is 12.3 Å². The number of hydrogen-bond acceptors (Lipinski definition) is 2. The van der Waals surface area contributed by atoms with E-state index in [1.54, 1.807) is 36.4 Å². The summed E-state index contributed by atoms with van der Waals surface area (Å²) in [4.78, 5) is 15.1. The number of nitrogens with zero attached hydrogens (tertiary/aromatic N) is 1. The van der Waals surface area contributed by atoms with Gasteiger partial charge in [-0.05, 0) is 24.3 Å². The lowest BCUT2D eigenvalue weighted by atomic mass is 10.2. The van der Waals surface area contributed by atoms with Crippen molar-refractivity contribution in [2.45, 2.75) is 0 Å². The Morgan fingerprint density at radius 2 is 1.88 bits per heavy atom. The molecule has 0 radical (unpaired) electrons. The summed E-state index contributed by atoms with van der Waals surface area (Å²) in [7, 11) is 0. The molecule has 3 nitrogen and oxygen atoms in total. The first-order valence-corrected chi connectivity index (χ1v) is 4.74. The Bertz CT molecular complexity index is 499. The van der Waals surface area contributed by atoms with Crippen molar-refractivity contribution in [2.24, 2.45) is 0 Å². The van der Waals surface area contributed by atoms with Crippen LogP contribution in [0.1, 0.15) is 10.4 Å². The summed E-state index contributed by atoms with van der Waals surface area (Å²) in [6.07, 6.45) is 1.33. The van der Waals surface area contributed by atoms with Crippen LogP contribution in [0.3, 0.4) is 0 Å². The minimum Gasteiger partial charge on any atom is -0.318 e. The third kappa shape index (κ3) is 2.23. The van der Waals surface area contributed by atoms with Crippen molar-refractivity contribution in [1.29, 1.82) is 0 Å². The van der Waals surface area contributed by atoms with E-state index in [2.05, 4.69) is 10.3 Å². The summed E-state index contributed by atoms with van der Waals surface area (Å²) in [5.41, 5.74) is 0.558. The number of benzene rings is 1. The molecule has 0 saturated heterocycles. The first-order valence-electron chi connectivity index (χ1n) is 4.74. The molecule has 0 bridgehead atoms. The number of anilines is 1. The largest absolute Gasteiger partial charge is 0.318 e. The maximum absolute atomic E-state index is 13.1. The Kier molecular flexibility index (Phi) is 2.91. The molecule has 0 atom stereocenters. The van der Waals surface area contributed by atoms with Gasteiger partial charge >= 0.3 is 0 Å². The molecule has 16 heavy (non-hydrogen) atoms. The molecule has 2 rings (SSSR count). The number of halogens is 1. The molecule has 80 valence electrons. The van der Waals surface area contributed by atoms with Gasteiger partial charge in [0.1, 0.15) is 0 Å². The summed E-state index contributed by atoms with van der Waals surface area (Å²) < 4.78 is 13.1. The van der Waals surface area contributed by atoms with Crippen molar-refractivity contribution in [3.8, 4) is 0 Å². The van der Waals surface area contributed by atoms with E-state index in [0.717, 1.165) is 0 Å². The standard InChI is InChI=1S/C12H9FN2O/c13-11-10(7-4-8-14-11)15-12(16)9-5-2-1-3-6-9/h1-8H,(H,15,16). The normalized spacial score (nSPS) is 9.81. The van der Waals surface area contributed by atoms with Gasteiger partial charge in [-0.2, -0.15) is 4.39 Å². The highest BCUT2D eigenvalue weighted by atomic mass is 19.1. The van der Waals surface area contributed by atoms with Crippen molar-refractivity contribution in [2.75, 3.05) is 5.32 Å². The summed E-state index contributed by atoms with van der Waals surface area (Å²) >= 11 is 0. The van der Waals surface area contributed by atoms with E-state index in [-0.39, 0.29) is 11.6 Å². The average molecular weight is 216 g/mol. The molecule has 0 aliphatic carbocycles. The maximum atomic E-state index is 13.1. The van der Waals surface area contributed by atoms with Gasteiger partial charge in [-0.15, -0.1) is 0 Å². The van der Waals surface area contributed by atoms with Gasteiger partial charge in [-0.1, -0.05) is 18.2 Å². The van der Waals surface area contributed by atoms with Gasteiger partial charge in [-0.3, -0.25) is 4.79 Å². The second-order valence-electron chi connectivity index (χ2n) is 3.16. The number of rotatable bonds is 2. The van der Waals surface area contributed by atoms with Crippen molar-refractivity contribution in [3.05, 3.63) is 60.2 Å². The van der Waals surface area contributed by atoms with Crippen LogP contribution >= 0.6 is 0 Å². The minimum atomic E-state index is -0.688. The van der Waals surface area contributed by atoms with Gasteiger partial charge < -0.3 is 5.32 Å². The lowest BCUT2D eigenvalue weighted by Gasteiger charge is -2.04. The molecule has 2 aromatic rings. The van der Waals surface area contributed by atoms with Gasteiger partial charge in [0.05, 0.1) is 5.69 Å². The molecule has 1 aromatic heterocycles.